The summed E-state index contributed by atoms with van der Waals surface area (Å²) in [6.07, 6.45) is 0. The van der Waals surface area contributed by atoms with Crippen LogP contribution in [0.2, 0.25) is 5.02 Å². The van der Waals surface area contributed by atoms with E-state index in [4.69, 9.17) is 11.6 Å². The van der Waals surface area contributed by atoms with E-state index in [0.29, 0.717) is 15.2 Å². The quantitative estimate of drug-likeness (QED) is 0.573. The summed E-state index contributed by atoms with van der Waals surface area (Å²) in [5.41, 5.74) is 0. The predicted molar refractivity (Wildman–Crippen MR) is 47.5 cm³/mol. The van der Waals surface area contributed by atoms with E-state index in [-0.39, 0.29) is 5.78 Å². The van der Waals surface area contributed by atoms with Crippen LogP contribution < -0.4 is 0 Å². The molecule has 4 heteroatoms. The van der Waals surface area contributed by atoms with Crippen LogP contribution in [-0.4, -0.2) is 11.1 Å². The van der Waals surface area contributed by atoms with Crippen molar-refractivity contribution < 1.29 is 4.79 Å². The molecule has 0 fully saturated rings. The topological polar surface area (TPSA) is 17.1 Å². The first-order chi connectivity index (χ1) is 4.75. The summed E-state index contributed by atoms with van der Waals surface area (Å²) >= 11 is 10.1. The average Bonchev–Trinajstić information content (AvgIpc) is 2.34. The molecule has 1 nitrogen and oxygen atoms in total. The van der Waals surface area contributed by atoms with E-state index in [1.54, 1.807) is 11.4 Å². The van der Waals surface area contributed by atoms with Crippen LogP contribution >= 0.6 is 38.9 Å². The molecule has 0 aliphatic carbocycles. The van der Waals surface area contributed by atoms with Gasteiger partial charge in [0.2, 0.25) is 0 Å². The van der Waals surface area contributed by atoms with Gasteiger partial charge in [-0.3, -0.25) is 4.79 Å². The van der Waals surface area contributed by atoms with Crippen molar-refractivity contribution in [1.82, 2.24) is 0 Å². The van der Waals surface area contributed by atoms with Crippen LogP contribution in [0.4, 0.5) is 0 Å². The Morgan fingerprint density at radius 1 is 1.80 bits per heavy atom. The molecule has 0 bridgehead atoms. The average molecular weight is 240 g/mol. The minimum Gasteiger partial charge on any atom is -0.292 e. The molecule has 0 amide bonds. The van der Waals surface area contributed by atoms with Crippen molar-refractivity contribution in [2.45, 2.75) is 0 Å². The Bertz CT molecular complexity index is 246. The second-order valence-corrected chi connectivity index (χ2v) is 3.54. The Morgan fingerprint density at radius 3 is 2.90 bits per heavy atom. The maximum Gasteiger partial charge on any atom is 0.184 e. The molecule has 1 aromatic heterocycles. The number of hydrogen-bond donors (Lipinski definition) is 0. The maximum absolute atomic E-state index is 11.0. The first kappa shape index (κ1) is 8.24. The highest BCUT2D eigenvalue weighted by Crippen LogP contribution is 2.22. The minimum atomic E-state index is 0.0417. The Hall–Kier alpha value is 0.140. The van der Waals surface area contributed by atoms with Crippen LogP contribution in [0.3, 0.4) is 0 Å². The minimum absolute atomic E-state index is 0.0417. The molecule has 0 aromatic carbocycles. The third-order valence-electron chi connectivity index (χ3n) is 0.992. The van der Waals surface area contributed by atoms with Gasteiger partial charge >= 0.3 is 0 Å². The zero-order chi connectivity index (χ0) is 7.56. The predicted octanol–water partition coefficient (Wildman–Crippen LogP) is 2.98. The SMILES string of the molecule is O=C(CBr)c1sccc1Cl. The van der Waals surface area contributed by atoms with Crippen LogP contribution in [0.25, 0.3) is 0 Å². The van der Waals surface area contributed by atoms with Gasteiger partial charge in [-0.15, -0.1) is 11.3 Å². The zero-order valence-corrected chi connectivity index (χ0v) is 8.09. The van der Waals surface area contributed by atoms with Gasteiger partial charge in [-0.05, 0) is 11.4 Å². The van der Waals surface area contributed by atoms with Crippen LogP contribution in [0, 0.1) is 0 Å². The maximum atomic E-state index is 11.0. The van der Waals surface area contributed by atoms with E-state index >= 15 is 0 Å². The first-order valence-corrected chi connectivity index (χ1v) is 4.95. The van der Waals surface area contributed by atoms with Gasteiger partial charge < -0.3 is 0 Å². The van der Waals surface area contributed by atoms with E-state index in [0.717, 1.165) is 0 Å². The summed E-state index contributed by atoms with van der Waals surface area (Å²) in [4.78, 5) is 11.6. The highest BCUT2D eigenvalue weighted by molar-refractivity contribution is 9.09. The molecule has 0 unspecified atom stereocenters. The van der Waals surface area contributed by atoms with Crippen molar-refractivity contribution in [3.05, 3.63) is 21.3 Å². The number of thiophene rings is 1. The Labute approximate surface area is 76.1 Å². The molecular weight excluding hydrogens is 235 g/mol. The van der Waals surface area contributed by atoms with Crippen molar-refractivity contribution >= 4 is 44.7 Å². The van der Waals surface area contributed by atoms with Crippen LogP contribution in [0.5, 0.6) is 0 Å². The third-order valence-corrected chi connectivity index (χ3v) is 2.88. The molecule has 1 aromatic rings. The second-order valence-electron chi connectivity index (χ2n) is 1.65. The van der Waals surface area contributed by atoms with E-state index in [2.05, 4.69) is 15.9 Å². The van der Waals surface area contributed by atoms with Crippen molar-refractivity contribution in [2.75, 3.05) is 5.33 Å². The standard InChI is InChI=1S/C6H4BrClOS/c7-3-5(9)6-4(8)1-2-10-6/h1-2H,3H2. The van der Waals surface area contributed by atoms with Crippen molar-refractivity contribution in [2.24, 2.45) is 0 Å². The molecule has 1 rings (SSSR count). The summed E-state index contributed by atoms with van der Waals surface area (Å²) in [6, 6.07) is 1.72. The number of halogens is 2. The molecule has 0 aliphatic rings. The number of Topliss-reactive ketones (excluding diaryl/α,β-unsaturated/α-hetero) is 1. The molecule has 0 atom stereocenters. The second kappa shape index (κ2) is 3.51. The van der Waals surface area contributed by atoms with Gasteiger partial charge in [0.05, 0.1) is 15.2 Å². The lowest BCUT2D eigenvalue weighted by molar-refractivity contribution is 0.102. The molecule has 54 valence electrons. The molecule has 0 saturated carbocycles. The summed E-state index contributed by atoms with van der Waals surface area (Å²) in [6.45, 7) is 0. The number of alkyl halides is 1. The lowest BCUT2D eigenvalue weighted by atomic mass is 10.3. The van der Waals surface area contributed by atoms with Gasteiger partial charge in [0.25, 0.3) is 0 Å². The fraction of sp³-hybridized carbons (Fsp3) is 0.167. The van der Waals surface area contributed by atoms with Gasteiger partial charge in [-0.25, -0.2) is 0 Å². The van der Waals surface area contributed by atoms with Gasteiger partial charge in [-0.1, -0.05) is 27.5 Å². The molecule has 0 N–H and O–H groups in total. The molecule has 0 saturated heterocycles. The first-order valence-electron chi connectivity index (χ1n) is 2.58. The van der Waals surface area contributed by atoms with Crippen LogP contribution in [-0.2, 0) is 0 Å². The van der Waals surface area contributed by atoms with E-state index in [9.17, 15) is 4.79 Å². The molecule has 1 heterocycles. The normalized spacial score (nSPS) is 9.80. The smallest absolute Gasteiger partial charge is 0.184 e. The van der Waals surface area contributed by atoms with Crippen LogP contribution in [0.15, 0.2) is 11.4 Å². The van der Waals surface area contributed by atoms with Crippen molar-refractivity contribution in [3.63, 3.8) is 0 Å². The van der Waals surface area contributed by atoms with Gasteiger partial charge in [0, 0.05) is 0 Å². The molecule has 0 spiro atoms. The van der Waals surface area contributed by atoms with Gasteiger partial charge in [-0.2, -0.15) is 0 Å². The highest BCUT2D eigenvalue weighted by atomic mass is 79.9. The lowest BCUT2D eigenvalue weighted by Crippen LogP contribution is -1.96. The fourth-order valence-electron chi connectivity index (χ4n) is 0.553. The summed E-state index contributed by atoms with van der Waals surface area (Å²) in [5.74, 6) is 0.0417. The molecule has 0 aliphatic heterocycles. The Balaban J connectivity index is 2.93. The summed E-state index contributed by atoms with van der Waals surface area (Å²) < 4.78 is 0. The van der Waals surface area contributed by atoms with Crippen molar-refractivity contribution in [1.29, 1.82) is 0 Å². The Kier molecular flexibility index (Phi) is 2.89. The number of carbonyl (C=O) groups excluding carboxylic acids is 1. The van der Waals surface area contributed by atoms with Gasteiger partial charge in [0.1, 0.15) is 0 Å². The summed E-state index contributed by atoms with van der Waals surface area (Å²) in [7, 11) is 0. The number of ketones is 1. The van der Waals surface area contributed by atoms with E-state index in [1.807, 2.05) is 0 Å². The lowest BCUT2D eigenvalue weighted by Gasteiger charge is -1.89. The Morgan fingerprint density at radius 2 is 2.50 bits per heavy atom. The van der Waals surface area contributed by atoms with E-state index in [1.165, 1.54) is 11.3 Å². The summed E-state index contributed by atoms with van der Waals surface area (Å²) in [5, 5.41) is 2.69. The highest BCUT2D eigenvalue weighted by Gasteiger charge is 2.08. The van der Waals surface area contributed by atoms with E-state index < -0.39 is 0 Å². The number of hydrogen-bond acceptors (Lipinski definition) is 2. The largest absolute Gasteiger partial charge is 0.292 e. The van der Waals surface area contributed by atoms with Crippen molar-refractivity contribution in [3.8, 4) is 0 Å². The molecular formula is C6H4BrClOS. The molecule has 10 heavy (non-hydrogen) atoms. The fourth-order valence-corrected chi connectivity index (χ4v) is 2.12. The molecule has 0 radical (unpaired) electrons. The van der Waals surface area contributed by atoms with Gasteiger partial charge in [0.15, 0.2) is 5.78 Å². The monoisotopic (exact) mass is 238 g/mol. The zero-order valence-electron chi connectivity index (χ0n) is 4.93. The number of carbonyl (C=O) groups is 1. The van der Waals surface area contributed by atoms with Crippen LogP contribution in [0.1, 0.15) is 9.67 Å². The third kappa shape index (κ3) is 1.59. The number of rotatable bonds is 2.